The van der Waals surface area contributed by atoms with E-state index in [1.54, 1.807) is 13.1 Å². The van der Waals surface area contributed by atoms with Gasteiger partial charge in [-0.3, -0.25) is 4.98 Å². The molecule has 0 amide bonds. The summed E-state index contributed by atoms with van der Waals surface area (Å²) < 4.78 is 5.74. The maximum absolute atomic E-state index is 9.96. The molecule has 0 saturated heterocycles. The molecular formula is C14H12ClNO2. The predicted octanol–water partition coefficient (Wildman–Crippen LogP) is 3.37. The molecule has 3 rings (SSSR count). The summed E-state index contributed by atoms with van der Waals surface area (Å²) in [6, 6.07) is 7.53. The number of benzene rings is 1. The molecule has 0 saturated carbocycles. The molecule has 0 spiro atoms. The molecule has 0 radical (unpaired) electrons. The lowest BCUT2D eigenvalue weighted by molar-refractivity contribution is 0.0932. The highest BCUT2D eigenvalue weighted by molar-refractivity contribution is 6.30. The van der Waals surface area contributed by atoms with Crippen molar-refractivity contribution in [2.45, 2.75) is 19.6 Å². The summed E-state index contributed by atoms with van der Waals surface area (Å²) in [5.74, 6) is 0.240. The van der Waals surface area contributed by atoms with Gasteiger partial charge in [-0.05, 0) is 24.6 Å². The van der Waals surface area contributed by atoms with E-state index in [9.17, 15) is 5.11 Å². The first-order valence-electron chi connectivity index (χ1n) is 5.71. The second-order valence-electron chi connectivity index (χ2n) is 4.37. The van der Waals surface area contributed by atoms with Crippen molar-refractivity contribution in [2.24, 2.45) is 0 Å². The van der Waals surface area contributed by atoms with E-state index in [0.717, 1.165) is 16.7 Å². The van der Waals surface area contributed by atoms with Crippen LogP contribution in [0.3, 0.4) is 0 Å². The summed E-state index contributed by atoms with van der Waals surface area (Å²) >= 11 is 5.87. The van der Waals surface area contributed by atoms with Crippen LogP contribution in [0.15, 0.2) is 30.5 Å². The van der Waals surface area contributed by atoms with Crippen molar-refractivity contribution in [1.29, 1.82) is 0 Å². The van der Waals surface area contributed by atoms with E-state index in [-0.39, 0.29) is 11.9 Å². The molecule has 0 unspecified atom stereocenters. The number of aryl methyl sites for hydroxylation is 1. The fraction of sp³-hybridized carbons (Fsp3) is 0.214. The lowest BCUT2D eigenvalue weighted by Crippen LogP contribution is -1.99. The third-order valence-electron chi connectivity index (χ3n) is 3.22. The van der Waals surface area contributed by atoms with Crippen molar-refractivity contribution in [1.82, 2.24) is 4.98 Å². The van der Waals surface area contributed by atoms with Crippen LogP contribution in [-0.2, 0) is 11.3 Å². The van der Waals surface area contributed by atoms with Crippen molar-refractivity contribution in [2.75, 3.05) is 0 Å². The summed E-state index contributed by atoms with van der Waals surface area (Å²) in [7, 11) is 0. The molecule has 2 heterocycles. The van der Waals surface area contributed by atoms with E-state index in [1.165, 1.54) is 0 Å². The molecule has 1 N–H and O–H groups in total. The van der Waals surface area contributed by atoms with Gasteiger partial charge in [-0.15, -0.1) is 0 Å². The van der Waals surface area contributed by atoms with Crippen LogP contribution in [0.4, 0.5) is 0 Å². The van der Waals surface area contributed by atoms with Gasteiger partial charge in [0.15, 0.2) is 0 Å². The zero-order chi connectivity index (χ0) is 12.7. The fourth-order valence-electron chi connectivity index (χ4n) is 2.21. The van der Waals surface area contributed by atoms with Crippen LogP contribution in [0.25, 0.3) is 0 Å². The molecule has 18 heavy (non-hydrogen) atoms. The Kier molecular flexibility index (Phi) is 2.73. The average Bonchev–Trinajstić information content (AvgIpc) is 2.79. The van der Waals surface area contributed by atoms with Crippen LogP contribution in [0, 0.1) is 6.92 Å². The largest absolute Gasteiger partial charge is 0.506 e. The minimum absolute atomic E-state index is 0.170. The fourth-order valence-corrected chi connectivity index (χ4v) is 2.33. The van der Waals surface area contributed by atoms with Gasteiger partial charge in [0, 0.05) is 22.3 Å². The number of halogens is 1. The average molecular weight is 268 g/mol. The van der Waals surface area contributed by atoms with Crippen LogP contribution < -0.4 is 0 Å². The first-order chi connectivity index (χ1) is 8.66. The Hall–Kier alpha value is -1.58. The first-order valence-corrected chi connectivity index (χ1v) is 6.09. The van der Waals surface area contributed by atoms with E-state index < -0.39 is 0 Å². The topological polar surface area (TPSA) is 42.4 Å². The number of nitrogens with zero attached hydrogens (tertiary/aromatic N) is 1. The molecule has 0 aliphatic carbocycles. The first kappa shape index (κ1) is 11.5. The lowest BCUT2D eigenvalue weighted by atomic mass is 10.1. The quantitative estimate of drug-likeness (QED) is 0.861. The van der Waals surface area contributed by atoms with Gasteiger partial charge in [0.2, 0.25) is 0 Å². The third-order valence-corrected chi connectivity index (χ3v) is 3.48. The SMILES string of the molecule is Cc1ncc2c(c1O)CO[C@H]2[13c]1[13cH][13cH][13c](Cl)[13cH][13cH]1. The number of aromatic nitrogens is 1. The Labute approximate surface area is 110 Å². The zero-order valence-electron chi connectivity index (χ0n) is 9.85. The Balaban J connectivity index is 2.05. The minimum Gasteiger partial charge on any atom is -0.506 e. The number of fused-ring (bicyclic) bond motifs is 1. The van der Waals surface area contributed by atoms with Gasteiger partial charge in [-0.25, -0.2) is 0 Å². The highest BCUT2D eigenvalue weighted by Crippen LogP contribution is 2.40. The Morgan fingerprint density at radius 1 is 1.33 bits per heavy atom. The van der Waals surface area contributed by atoms with Gasteiger partial charge in [0.05, 0.1) is 12.3 Å². The van der Waals surface area contributed by atoms with Crippen molar-refractivity contribution < 1.29 is 9.84 Å². The summed E-state index contributed by atoms with van der Waals surface area (Å²) in [4.78, 5) is 4.19. The molecule has 1 aromatic carbocycles. The summed E-state index contributed by atoms with van der Waals surface area (Å²) in [5.41, 5.74) is 3.42. The van der Waals surface area contributed by atoms with Crippen LogP contribution in [0.1, 0.15) is 28.5 Å². The molecule has 0 fully saturated rings. The Bertz CT molecular complexity index is 595. The van der Waals surface area contributed by atoms with Crippen LogP contribution in [0.2, 0.25) is 5.02 Å². The van der Waals surface area contributed by atoms with E-state index in [1.807, 2.05) is 24.3 Å². The predicted molar refractivity (Wildman–Crippen MR) is 68.7 cm³/mol. The maximum atomic E-state index is 9.96. The molecule has 92 valence electrons. The van der Waals surface area contributed by atoms with E-state index in [4.69, 9.17) is 16.3 Å². The van der Waals surface area contributed by atoms with Gasteiger partial charge >= 0.3 is 0 Å². The molecule has 1 aliphatic heterocycles. The second-order valence-corrected chi connectivity index (χ2v) is 4.81. The van der Waals surface area contributed by atoms with Crippen LogP contribution in [-0.4, -0.2) is 10.1 Å². The van der Waals surface area contributed by atoms with Gasteiger partial charge in [-0.1, -0.05) is 23.7 Å². The molecule has 4 heteroatoms. The lowest BCUT2D eigenvalue weighted by Gasteiger charge is -2.11. The maximum Gasteiger partial charge on any atom is 0.142 e. The van der Waals surface area contributed by atoms with Gasteiger partial charge in [0.25, 0.3) is 0 Å². The van der Waals surface area contributed by atoms with Gasteiger partial charge in [-0.2, -0.15) is 0 Å². The van der Waals surface area contributed by atoms with Crippen molar-refractivity contribution in [3.05, 3.63) is 57.9 Å². The standard InChI is InChI=1S/C14H12ClNO2/c1-8-13(17)12-7-18-14(11(12)6-16-8)9-2-4-10(15)5-3-9/h2-6,14,17H,7H2,1H3/t14-/m0/s1/i2+1,3+1,4+1,5+1,9+1,10+1. The zero-order valence-corrected chi connectivity index (χ0v) is 10.6. The van der Waals surface area contributed by atoms with Gasteiger partial charge in [0.1, 0.15) is 11.9 Å². The Morgan fingerprint density at radius 3 is 2.78 bits per heavy atom. The molecule has 3 nitrogen and oxygen atoms in total. The highest BCUT2D eigenvalue weighted by Gasteiger charge is 2.28. The number of ether oxygens (including phenoxy) is 1. The third kappa shape index (κ3) is 1.76. The second kappa shape index (κ2) is 4.26. The molecular weight excluding hydrogens is 256 g/mol. The highest BCUT2D eigenvalue weighted by atomic mass is 35.5. The monoisotopic (exact) mass is 267 g/mol. The summed E-state index contributed by atoms with van der Waals surface area (Å²) in [6.45, 7) is 2.20. The number of hydrogen-bond acceptors (Lipinski definition) is 3. The molecule has 2 aromatic rings. The molecule has 0 bridgehead atoms. The smallest absolute Gasteiger partial charge is 0.142 e. The van der Waals surface area contributed by atoms with Gasteiger partial charge < -0.3 is 9.84 Å². The number of hydrogen-bond donors (Lipinski definition) is 1. The van der Waals surface area contributed by atoms with Crippen molar-refractivity contribution >= 4 is 11.6 Å². The molecule has 1 aromatic heterocycles. The van der Waals surface area contributed by atoms with Crippen LogP contribution >= 0.6 is 11.6 Å². The van der Waals surface area contributed by atoms with Crippen molar-refractivity contribution in [3.8, 4) is 5.75 Å². The molecule has 1 aliphatic rings. The molecule has 1 atom stereocenters. The number of aromatic hydroxyl groups is 1. The Morgan fingerprint density at radius 2 is 2.06 bits per heavy atom. The number of pyridine rings is 1. The normalized spacial score (nSPS) is 17.8. The summed E-state index contributed by atoms with van der Waals surface area (Å²) in [6.07, 6.45) is 1.60. The van der Waals surface area contributed by atoms with E-state index in [0.29, 0.717) is 17.3 Å². The number of rotatable bonds is 1. The summed E-state index contributed by atoms with van der Waals surface area (Å²) in [5, 5.41) is 10.7. The van der Waals surface area contributed by atoms with Crippen LogP contribution in [0.5, 0.6) is 5.75 Å². The van der Waals surface area contributed by atoms with E-state index in [2.05, 4.69) is 4.98 Å². The minimum atomic E-state index is -0.170. The van der Waals surface area contributed by atoms with E-state index >= 15 is 0 Å². The van der Waals surface area contributed by atoms with Crippen molar-refractivity contribution in [3.63, 3.8) is 0 Å².